The molecule has 0 aliphatic rings. The summed E-state index contributed by atoms with van der Waals surface area (Å²) in [5, 5.41) is 0. The molecule has 1 aromatic carbocycles. The molecule has 0 amide bonds. The molecule has 6 nitrogen and oxygen atoms in total. The minimum atomic E-state index is 0.227. The second kappa shape index (κ2) is 6.76. The maximum Gasteiger partial charge on any atom is 0.222 e. The number of rotatable bonds is 6. The van der Waals surface area contributed by atoms with Crippen molar-refractivity contribution in [1.29, 1.82) is 0 Å². The van der Waals surface area contributed by atoms with Gasteiger partial charge in [0.25, 0.3) is 0 Å². The normalized spacial score (nSPS) is 11.2. The van der Waals surface area contributed by atoms with Crippen molar-refractivity contribution in [2.24, 2.45) is 0 Å². The highest BCUT2D eigenvalue weighted by atomic mass is 16.3. The Morgan fingerprint density at radius 2 is 1.88 bits per heavy atom. The molecule has 0 unspecified atom stereocenters. The Balaban J connectivity index is 1.51. The summed E-state index contributed by atoms with van der Waals surface area (Å²) in [6.07, 6.45) is 6.63. The number of imidazole rings is 1. The number of hydrogen-bond acceptors (Lipinski definition) is 5. The summed E-state index contributed by atoms with van der Waals surface area (Å²) in [4.78, 5) is 13.1. The van der Waals surface area contributed by atoms with Gasteiger partial charge in [-0.3, -0.25) is 0 Å². The predicted octanol–water partition coefficient (Wildman–Crippen LogP) is 3.69. The zero-order valence-corrected chi connectivity index (χ0v) is 13.8. The van der Waals surface area contributed by atoms with Gasteiger partial charge in [0.2, 0.25) is 5.95 Å². The van der Waals surface area contributed by atoms with Gasteiger partial charge < -0.3 is 14.7 Å². The molecule has 2 N–H and O–H groups in total. The van der Waals surface area contributed by atoms with Crippen LogP contribution in [0.1, 0.15) is 18.4 Å². The van der Waals surface area contributed by atoms with Crippen molar-refractivity contribution in [3.8, 4) is 11.5 Å². The number of nitrogens with two attached hydrogens (primary N) is 1. The summed E-state index contributed by atoms with van der Waals surface area (Å²) in [5.41, 5.74) is 9.35. The van der Waals surface area contributed by atoms with Gasteiger partial charge in [-0.1, -0.05) is 30.3 Å². The highest BCUT2D eigenvalue weighted by molar-refractivity contribution is 5.86. The van der Waals surface area contributed by atoms with Crippen LogP contribution < -0.4 is 5.73 Å². The Morgan fingerprint density at radius 3 is 2.68 bits per heavy atom. The second-order valence-electron chi connectivity index (χ2n) is 5.96. The molecular formula is C19H19N5O. The van der Waals surface area contributed by atoms with Crippen LogP contribution in [0, 0.1) is 0 Å². The molecule has 3 aromatic heterocycles. The quantitative estimate of drug-likeness (QED) is 0.544. The van der Waals surface area contributed by atoms with Gasteiger partial charge in [-0.15, -0.1) is 0 Å². The summed E-state index contributed by atoms with van der Waals surface area (Å²) in [5.74, 6) is 0.873. The molecule has 4 rings (SSSR count). The topological polar surface area (TPSA) is 82.8 Å². The molecule has 0 bridgehead atoms. The summed E-state index contributed by atoms with van der Waals surface area (Å²) < 4.78 is 7.48. The molecule has 0 aliphatic carbocycles. The van der Waals surface area contributed by atoms with Crippen LogP contribution in [0.4, 0.5) is 5.95 Å². The molecule has 0 fully saturated rings. The maximum absolute atomic E-state index is 5.88. The van der Waals surface area contributed by atoms with Crippen LogP contribution in [-0.4, -0.2) is 19.5 Å². The van der Waals surface area contributed by atoms with E-state index in [1.807, 2.05) is 22.8 Å². The summed E-state index contributed by atoms with van der Waals surface area (Å²) in [6, 6.07) is 14.2. The number of anilines is 1. The van der Waals surface area contributed by atoms with E-state index >= 15 is 0 Å². The number of nitrogen functional groups attached to an aromatic ring is 1. The van der Waals surface area contributed by atoms with Crippen molar-refractivity contribution in [3.05, 3.63) is 60.6 Å². The summed E-state index contributed by atoms with van der Waals surface area (Å²) in [6.45, 7) is 0.845. The van der Waals surface area contributed by atoms with Gasteiger partial charge in [-0.25, -0.2) is 9.97 Å². The van der Waals surface area contributed by atoms with E-state index in [1.54, 1.807) is 12.6 Å². The third kappa shape index (κ3) is 3.24. The van der Waals surface area contributed by atoms with E-state index in [1.165, 1.54) is 5.56 Å². The van der Waals surface area contributed by atoms with Crippen LogP contribution in [0.5, 0.6) is 0 Å². The van der Waals surface area contributed by atoms with Crippen molar-refractivity contribution in [1.82, 2.24) is 19.5 Å². The Kier molecular flexibility index (Phi) is 4.16. The molecule has 25 heavy (non-hydrogen) atoms. The van der Waals surface area contributed by atoms with Crippen molar-refractivity contribution < 1.29 is 4.42 Å². The van der Waals surface area contributed by atoms with E-state index in [2.05, 4.69) is 39.2 Å². The standard InChI is InChI=1S/C19H19N5O/c20-19-22-16(15-10-6-12-25-15)17-18(23-19)24(13-21-17)11-5-4-9-14-7-2-1-3-8-14/h1-3,6-8,10,12-13H,4-5,9,11H2,(H2,20,22,23). The van der Waals surface area contributed by atoms with Gasteiger partial charge in [0.1, 0.15) is 11.2 Å². The number of benzene rings is 1. The first-order valence-electron chi connectivity index (χ1n) is 8.37. The summed E-state index contributed by atoms with van der Waals surface area (Å²) >= 11 is 0. The van der Waals surface area contributed by atoms with E-state index in [4.69, 9.17) is 10.2 Å². The fourth-order valence-electron chi connectivity index (χ4n) is 2.97. The highest BCUT2D eigenvalue weighted by Crippen LogP contribution is 2.26. The molecular weight excluding hydrogens is 314 g/mol. The lowest BCUT2D eigenvalue weighted by atomic mass is 10.1. The molecule has 0 spiro atoms. The van der Waals surface area contributed by atoms with Crippen molar-refractivity contribution in [2.75, 3.05) is 5.73 Å². The van der Waals surface area contributed by atoms with Gasteiger partial charge >= 0.3 is 0 Å². The maximum atomic E-state index is 5.88. The van der Waals surface area contributed by atoms with Gasteiger partial charge in [0, 0.05) is 6.54 Å². The predicted molar refractivity (Wildman–Crippen MR) is 96.8 cm³/mol. The minimum absolute atomic E-state index is 0.227. The van der Waals surface area contributed by atoms with Gasteiger partial charge in [0.15, 0.2) is 11.4 Å². The third-order valence-electron chi connectivity index (χ3n) is 4.19. The van der Waals surface area contributed by atoms with E-state index < -0.39 is 0 Å². The number of nitrogens with zero attached hydrogens (tertiary/aromatic N) is 4. The lowest BCUT2D eigenvalue weighted by molar-refractivity contribution is 0.580. The molecule has 0 radical (unpaired) electrons. The van der Waals surface area contributed by atoms with Crippen LogP contribution in [0.15, 0.2) is 59.5 Å². The lowest BCUT2D eigenvalue weighted by Crippen LogP contribution is -2.02. The number of furan rings is 1. The largest absolute Gasteiger partial charge is 0.463 e. The van der Waals surface area contributed by atoms with Crippen LogP contribution in [0.2, 0.25) is 0 Å². The lowest BCUT2D eigenvalue weighted by Gasteiger charge is -2.05. The Hall–Kier alpha value is -3.15. The average Bonchev–Trinajstić information content (AvgIpc) is 3.29. The van der Waals surface area contributed by atoms with Crippen LogP contribution >= 0.6 is 0 Å². The fraction of sp³-hybridized carbons (Fsp3) is 0.211. The van der Waals surface area contributed by atoms with E-state index in [9.17, 15) is 0 Å². The van der Waals surface area contributed by atoms with Gasteiger partial charge in [0.05, 0.1) is 12.6 Å². The van der Waals surface area contributed by atoms with Gasteiger partial charge in [-0.2, -0.15) is 4.98 Å². The van der Waals surface area contributed by atoms with Crippen molar-refractivity contribution in [3.63, 3.8) is 0 Å². The molecule has 0 saturated carbocycles. The third-order valence-corrected chi connectivity index (χ3v) is 4.19. The van der Waals surface area contributed by atoms with Crippen LogP contribution in [0.25, 0.3) is 22.6 Å². The van der Waals surface area contributed by atoms with Crippen molar-refractivity contribution in [2.45, 2.75) is 25.8 Å². The van der Waals surface area contributed by atoms with E-state index in [0.29, 0.717) is 17.0 Å². The molecule has 3 heterocycles. The highest BCUT2D eigenvalue weighted by Gasteiger charge is 2.15. The fourth-order valence-corrected chi connectivity index (χ4v) is 2.97. The van der Waals surface area contributed by atoms with E-state index in [-0.39, 0.29) is 5.95 Å². The zero-order valence-electron chi connectivity index (χ0n) is 13.8. The molecule has 0 aliphatic heterocycles. The molecule has 0 saturated heterocycles. The first-order valence-corrected chi connectivity index (χ1v) is 8.37. The first kappa shape index (κ1) is 15.4. The van der Waals surface area contributed by atoms with Crippen molar-refractivity contribution >= 4 is 17.1 Å². The summed E-state index contributed by atoms with van der Waals surface area (Å²) in [7, 11) is 0. The number of unbranched alkanes of at least 4 members (excludes halogenated alkanes) is 1. The van der Waals surface area contributed by atoms with Gasteiger partial charge in [-0.05, 0) is 37.0 Å². The molecule has 0 atom stereocenters. The number of aryl methyl sites for hydroxylation is 2. The van der Waals surface area contributed by atoms with Crippen LogP contribution in [-0.2, 0) is 13.0 Å². The molecule has 126 valence electrons. The van der Waals surface area contributed by atoms with E-state index in [0.717, 1.165) is 31.5 Å². The number of fused-ring (bicyclic) bond motifs is 1. The first-order chi connectivity index (χ1) is 12.3. The SMILES string of the molecule is Nc1nc(-c2ccco2)c2ncn(CCCCc3ccccc3)c2n1. The smallest absolute Gasteiger partial charge is 0.222 e. The monoisotopic (exact) mass is 333 g/mol. The average molecular weight is 333 g/mol. The zero-order chi connectivity index (χ0) is 17.1. The van der Waals surface area contributed by atoms with Crippen LogP contribution in [0.3, 0.4) is 0 Å². The number of aromatic nitrogens is 4. The Labute approximate surface area is 145 Å². The molecule has 4 aromatic rings. The Bertz CT molecular complexity index is 960. The molecule has 6 heteroatoms. The second-order valence-corrected chi connectivity index (χ2v) is 5.96. The number of hydrogen-bond donors (Lipinski definition) is 1. The minimum Gasteiger partial charge on any atom is -0.463 e. The Morgan fingerprint density at radius 1 is 1.00 bits per heavy atom.